The van der Waals surface area contributed by atoms with E-state index in [1.54, 1.807) is 18.3 Å². The second kappa shape index (κ2) is 8.45. The molecule has 3 rings (SSSR count). The van der Waals surface area contributed by atoms with E-state index in [-0.39, 0.29) is 11.9 Å². The predicted molar refractivity (Wildman–Crippen MR) is 102 cm³/mol. The second-order valence-electron chi connectivity index (χ2n) is 6.68. The lowest BCUT2D eigenvalue weighted by Crippen LogP contribution is -2.46. The van der Waals surface area contributed by atoms with Crippen LogP contribution in [0.25, 0.3) is 0 Å². The molecule has 0 saturated carbocycles. The highest BCUT2D eigenvalue weighted by molar-refractivity contribution is 6.32. The molecule has 2 aromatic rings. The number of nitrogens with zero attached hydrogens (tertiary/aromatic N) is 2. The van der Waals surface area contributed by atoms with Crippen LogP contribution >= 0.6 is 11.6 Å². The zero-order chi connectivity index (χ0) is 17.6. The van der Waals surface area contributed by atoms with E-state index in [1.165, 1.54) is 5.56 Å². The van der Waals surface area contributed by atoms with E-state index < -0.39 is 0 Å². The van der Waals surface area contributed by atoms with Crippen LogP contribution in [0.5, 0.6) is 0 Å². The maximum absolute atomic E-state index is 12.5. The van der Waals surface area contributed by atoms with Gasteiger partial charge in [0.2, 0.25) is 5.91 Å². The maximum atomic E-state index is 12.5. The van der Waals surface area contributed by atoms with E-state index in [9.17, 15) is 4.79 Å². The third kappa shape index (κ3) is 4.80. The van der Waals surface area contributed by atoms with E-state index in [1.807, 2.05) is 6.92 Å². The first-order chi connectivity index (χ1) is 12.1. The SMILES string of the molecule is C[C@@H](C(=O)Nc1cccnc1Cl)N1CCC(Cc2ccccc2)CC1. The van der Waals surface area contributed by atoms with Gasteiger partial charge in [0.25, 0.3) is 0 Å². The highest BCUT2D eigenvalue weighted by Crippen LogP contribution is 2.24. The van der Waals surface area contributed by atoms with Gasteiger partial charge in [-0.1, -0.05) is 41.9 Å². The van der Waals surface area contributed by atoms with Crippen molar-refractivity contribution in [2.75, 3.05) is 18.4 Å². The van der Waals surface area contributed by atoms with Crippen molar-refractivity contribution in [3.8, 4) is 0 Å². The lowest BCUT2D eigenvalue weighted by atomic mass is 9.89. The smallest absolute Gasteiger partial charge is 0.241 e. The molecule has 0 spiro atoms. The molecule has 1 saturated heterocycles. The van der Waals surface area contributed by atoms with E-state index in [4.69, 9.17) is 11.6 Å². The Balaban J connectivity index is 1.50. The van der Waals surface area contributed by atoms with E-state index in [2.05, 4.69) is 45.5 Å². The molecular weight excluding hydrogens is 334 g/mol. The van der Waals surface area contributed by atoms with Crippen LogP contribution in [0, 0.1) is 5.92 Å². The Kier molecular flexibility index (Phi) is 6.05. The number of carbonyl (C=O) groups excluding carboxylic acids is 1. The van der Waals surface area contributed by atoms with Gasteiger partial charge in [-0.2, -0.15) is 0 Å². The van der Waals surface area contributed by atoms with Gasteiger partial charge in [-0.15, -0.1) is 0 Å². The Bertz CT molecular complexity index is 699. The quantitative estimate of drug-likeness (QED) is 0.822. The first-order valence-corrected chi connectivity index (χ1v) is 9.20. The van der Waals surface area contributed by atoms with E-state index in [0.29, 0.717) is 16.8 Å². The topological polar surface area (TPSA) is 45.2 Å². The minimum Gasteiger partial charge on any atom is -0.322 e. The Morgan fingerprint density at radius 1 is 1.24 bits per heavy atom. The Morgan fingerprint density at radius 2 is 1.96 bits per heavy atom. The molecule has 1 atom stereocenters. The summed E-state index contributed by atoms with van der Waals surface area (Å²) < 4.78 is 0. The molecule has 1 amide bonds. The standard InChI is InChI=1S/C20H24ClN3O/c1-15(20(25)23-18-8-5-11-22-19(18)21)24-12-9-17(10-13-24)14-16-6-3-2-4-7-16/h2-8,11,15,17H,9-10,12-14H2,1H3,(H,23,25)/t15-/m0/s1. The van der Waals surface area contributed by atoms with Crippen LogP contribution in [-0.4, -0.2) is 34.9 Å². The van der Waals surface area contributed by atoms with Crippen molar-refractivity contribution in [1.82, 2.24) is 9.88 Å². The number of benzene rings is 1. The van der Waals surface area contributed by atoms with Gasteiger partial charge in [0, 0.05) is 6.20 Å². The minimum atomic E-state index is -0.172. The first kappa shape index (κ1) is 17.9. The van der Waals surface area contributed by atoms with Crippen LogP contribution in [0.1, 0.15) is 25.3 Å². The van der Waals surface area contributed by atoms with Crippen LogP contribution < -0.4 is 5.32 Å². The largest absolute Gasteiger partial charge is 0.322 e. The van der Waals surface area contributed by atoms with Gasteiger partial charge in [0.15, 0.2) is 5.15 Å². The first-order valence-electron chi connectivity index (χ1n) is 8.83. The van der Waals surface area contributed by atoms with Gasteiger partial charge in [0.05, 0.1) is 11.7 Å². The molecule has 1 fully saturated rings. The highest BCUT2D eigenvalue weighted by Gasteiger charge is 2.27. The molecule has 1 aromatic heterocycles. The molecule has 4 nitrogen and oxygen atoms in total. The summed E-state index contributed by atoms with van der Waals surface area (Å²) in [7, 11) is 0. The van der Waals surface area contributed by atoms with Crippen molar-refractivity contribution in [2.45, 2.75) is 32.2 Å². The van der Waals surface area contributed by atoms with Gasteiger partial charge in [-0.05, 0) is 62.9 Å². The van der Waals surface area contributed by atoms with Crippen LogP contribution in [0.15, 0.2) is 48.7 Å². The number of hydrogen-bond donors (Lipinski definition) is 1. The summed E-state index contributed by atoms with van der Waals surface area (Å²) in [6.45, 7) is 3.86. The zero-order valence-electron chi connectivity index (χ0n) is 14.5. The van der Waals surface area contributed by atoms with Crippen molar-refractivity contribution >= 4 is 23.2 Å². The van der Waals surface area contributed by atoms with Crippen LogP contribution in [-0.2, 0) is 11.2 Å². The number of hydrogen-bond acceptors (Lipinski definition) is 3. The lowest BCUT2D eigenvalue weighted by Gasteiger charge is -2.35. The predicted octanol–water partition coefficient (Wildman–Crippen LogP) is 4.02. The normalized spacial score (nSPS) is 17.2. The zero-order valence-corrected chi connectivity index (χ0v) is 15.2. The molecule has 0 radical (unpaired) electrons. The highest BCUT2D eigenvalue weighted by atomic mass is 35.5. The van der Waals surface area contributed by atoms with E-state index >= 15 is 0 Å². The molecule has 2 heterocycles. The number of halogens is 1. The van der Waals surface area contributed by atoms with Crippen LogP contribution in [0.2, 0.25) is 5.15 Å². The van der Waals surface area contributed by atoms with Crippen molar-refractivity contribution < 1.29 is 4.79 Å². The van der Waals surface area contributed by atoms with Crippen molar-refractivity contribution in [3.05, 3.63) is 59.4 Å². The molecule has 1 aliphatic rings. The number of amides is 1. The summed E-state index contributed by atoms with van der Waals surface area (Å²) in [5, 5.41) is 3.21. The average Bonchev–Trinajstić information content (AvgIpc) is 2.64. The summed E-state index contributed by atoms with van der Waals surface area (Å²) >= 11 is 6.02. The molecule has 1 N–H and O–H groups in total. The number of pyridine rings is 1. The van der Waals surface area contributed by atoms with Gasteiger partial charge >= 0.3 is 0 Å². The summed E-state index contributed by atoms with van der Waals surface area (Å²) in [6.07, 6.45) is 4.99. The number of carbonyl (C=O) groups is 1. The molecule has 5 heteroatoms. The number of likely N-dealkylation sites (tertiary alicyclic amines) is 1. The van der Waals surface area contributed by atoms with Crippen molar-refractivity contribution in [1.29, 1.82) is 0 Å². The van der Waals surface area contributed by atoms with Gasteiger partial charge in [-0.3, -0.25) is 9.69 Å². The summed E-state index contributed by atoms with van der Waals surface area (Å²) in [5.41, 5.74) is 1.97. The van der Waals surface area contributed by atoms with Crippen molar-refractivity contribution in [2.24, 2.45) is 5.92 Å². The third-order valence-electron chi connectivity index (χ3n) is 4.96. The molecular formula is C20H24ClN3O. The second-order valence-corrected chi connectivity index (χ2v) is 7.03. The summed E-state index contributed by atoms with van der Waals surface area (Å²) in [6, 6.07) is 14.0. The molecule has 0 aliphatic carbocycles. The Labute approximate surface area is 154 Å². The fourth-order valence-electron chi connectivity index (χ4n) is 3.37. The monoisotopic (exact) mass is 357 g/mol. The van der Waals surface area contributed by atoms with Crippen LogP contribution in [0.3, 0.4) is 0 Å². The fraction of sp³-hybridized carbons (Fsp3) is 0.400. The molecule has 1 aliphatic heterocycles. The number of piperidine rings is 1. The minimum absolute atomic E-state index is 0.0311. The van der Waals surface area contributed by atoms with Crippen molar-refractivity contribution in [3.63, 3.8) is 0 Å². The molecule has 1 aromatic carbocycles. The molecule has 0 bridgehead atoms. The Morgan fingerprint density at radius 3 is 2.64 bits per heavy atom. The average molecular weight is 358 g/mol. The summed E-state index contributed by atoms with van der Waals surface area (Å²) in [4.78, 5) is 18.7. The number of nitrogens with one attached hydrogen (secondary N) is 1. The summed E-state index contributed by atoms with van der Waals surface area (Å²) in [5.74, 6) is 0.665. The molecule has 25 heavy (non-hydrogen) atoms. The van der Waals surface area contributed by atoms with Crippen LogP contribution in [0.4, 0.5) is 5.69 Å². The van der Waals surface area contributed by atoms with Gasteiger partial charge < -0.3 is 5.32 Å². The molecule has 132 valence electrons. The fourth-order valence-corrected chi connectivity index (χ4v) is 3.54. The third-order valence-corrected chi connectivity index (χ3v) is 5.26. The number of anilines is 1. The maximum Gasteiger partial charge on any atom is 0.241 e. The number of aromatic nitrogens is 1. The van der Waals surface area contributed by atoms with Gasteiger partial charge in [0.1, 0.15) is 0 Å². The van der Waals surface area contributed by atoms with E-state index in [0.717, 1.165) is 32.4 Å². The lowest BCUT2D eigenvalue weighted by molar-refractivity contribution is -0.121. The number of rotatable bonds is 5. The molecule has 0 unspecified atom stereocenters. The van der Waals surface area contributed by atoms with Gasteiger partial charge in [-0.25, -0.2) is 4.98 Å². The Hall–Kier alpha value is -1.91.